The van der Waals surface area contributed by atoms with Crippen molar-refractivity contribution in [2.45, 2.75) is 12.5 Å². The molecule has 14 heavy (non-hydrogen) atoms. The highest BCUT2D eigenvalue weighted by Gasteiger charge is 2.19. The van der Waals surface area contributed by atoms with E-state index in [2.05, 4.69) is 17.4 Å². The molecule has 3 heteroatoms. The lowest BCUT2D eigenvalue weighted by Crippen LogP contribution is -2.34. The van der Waals surface area contributed by atoms with Crippen LogP contribution in [0.5, 0.6) is 11.5 Å². The lowest BCUT2D eigenvalue weighted by atomic mass is 9.97. The van der Waals surface area contributed by atoms with Crippen molar-refractivity contribution < 1.29 is 9.47 Å². The first-order valence-electron chi connectivity index (χ1n) is 4.80. The molecule has 1 aliphatic rings. The maximum absolute atomic E-state index is 5.21. The Labute approximate surface area is 84.0 Å². The van der Waals surface area contributed by atoms with E-state index in [-0.39, 0.29) is 0 Å². The molecule has 1 fully saturated rings. The summed E-state index contributed by atoms with van der Waals surface area (Å²) >= 11 is 0. The van der Waals surface area contributed by atoms with E-state index < -0.39 is 0 Å². The number of methoxy groups -OCH3 is 2. The predicted octanol–water partition coefficient (Wildman–Crippen LogP) is 1.74. The van der Waals surface area contributed by atoms with Gasteiger partial charge in [-0.15, -0.1) is 0 Å². The SMILES string of the molecule is COc1cc(OC)cc([C@@H]2CCN2)c1. The van der Waals surface area contributed by atoms with Crippen LogP contribution in [0.4, 0.5) is 0 Å². The van der Waals surface area contributed by atoms with E-state index in [9.17, 15) is 0 Å². The first-order chi connectivity index (χ1) is 6.83. The Morgan fingerprint density at radius 1 is 1.14 bits per heavy atom. The average Bonchev–Trinajstić information content (AvgIpc) is 2.14. The summed E-state index contributed by atoms with van der Waals surface area (Å²) < 4.78 is 10.4. The van der Waals surface area contributed by atoms with Crippen molar-refractivity contribution >= 4 is 0 Å². The van der Waals surface area contributed by atoms with Crippen LogP contribution in [0.25, 0.3) is 0 Å². The van der Waals surface area contributed by atoms with Crippen molar-refractivity contribution in [2.24, 2.45) is 0 Å². The molecule has 0 amide bonds. The summed E-state index contributed by atoms with van der Waals surface area (Å²) in [4.78, 5) is 0. The number of ether oxygens (including phenoxy) is 2. The van der Waals surface area contributed by atoms with E-state index in [1.54, 1.807) is 14.2 Å². The molecule has 0 bridgehead atoms. The van der Waals surface area contributed by atoms with E-state index in [4.69, 9.17) is 9.47 Å². The first-order valence-corrected chi connectivity index (χ1v) is 4.80. The monoisotopic (exact) mass is 193 g/mol. The van der Waals surface area contributed by atoms with Gasteiger partial charge in [0.1, 0.15) is 11.5 Å². The summed E-state index contributed by atoms with van der Waals surface area (Å²) in [5.74, 6) is 1.71. The van der Waals surface area contributed by atoms with Crippen molar-refractivity contribution in [3.05, 3.63) is 23.8 Å². The highest BCUT2D eigenvalue weighted by atomic mass is 16.5. The quantitative estimate of drug-likeness (QED) is 0.793. The van der Waals surface area contributed by atoms with Gasteiger partial charge in [0.05, 0.1) is 14.2 Å². The summed E-state index contributed by atoms with van der Waals surface area (Å²) in [5.41, 5.74) is 1.24. The number of rotatable bonds is 3. The fourth-order valence-corrected chi connectivity index (χ4v) is 1.60. The summed E-state index contributed by atoms with van der Waals surface area (Å²) in [6.45, 7) is 1.10. The average molecular weight is 193 g/mol. The molecular weight excluding hydrogens is 178 g/mol. The topological polar surface area (TPSA) is 30.5 Å². The Bertz CT molecular complexity index is 299. The van der Waals surface area contributed by atoms with Crippen LogP contribution < -0.4 is 14.8 Å². The highest BCUT2D eigenvalue weighted by Crippen LogP contribution is 2.30. The summed E-state index contributed by atoms with van der Waals surface area (Å²) in [7, 11) is 3.35. The molecular formula is C11H15NO2. The van der Waals surface area contributed by atoms with Crippen LogP contribution in [0, 0.1) is 0 Å². The van der Waals surface area contributed by atoms with Crippen LogP contribution in [-0.4, -0.2) is 20.8 Å². The lowest BCUT2D eigenvalue weighted by molar-refractivity contribution is 0.368. The van der Waals surface area contributed by atoms with E-state index in [0.717, 1.165) is 18.0 Å². The predicted molar refractivity (Wildman–Crippen MR) is 54.9 cm³/mol. The second kappa shape index (κ2) is 3.88. The van der Waals surface area contributed by atoms with Crippen molar-refractivity contribution in [1.82, 2.24) is 5.32 Å². The third kappa shape index (κ3) is 1.68. The van der Waals surface area contributed by atoms with E-state index in [1.165, 1.54) is 12.0 Å². The summed E-state index contributed by atoms with van der Waals surface area (Å²) in [6.07, 6.45) is 1.19. The van der Waals surface area contributed by atoms with Gasteiger partial charge in [0, 0.05) is 12.1 Å². The molecule has 0 spiro atoms. The lowest BCUT2D eigenvalue weighted by Gasteiger charge is -2.28. The van der Waals surface area contributed by atoms with Crippen LogP contribution in [0.1, 0.15) is 18.0 Å². The van der Waals surface area contributed by atoms with Gasteiger partial charge in [-0.05, 0) is 30.7 Å². The number of hydrogen-bond donors (Lipinski definition) is 1. The minimum Gasteiger partial charge on any atom is -0.497 e. The molecule has 0 aliphatic carbocycles. The van der Waals surface area contributed by atoms with Gasteiger partial charge in [-0.2, -0.15) is 0 Å². The number of benzene rings is 1. The van der Waals surface area contributed by atoms with Crippen LogP contribution >= 0.6 is 0 Å². The van der Waals surface area contributed by atoms with Gasteiger partial charge in [0.25, 0.3) is 0 Å². The summed E-state index contributed by atoms with van der Waals surface area (Å²) in [6, 6.07) is 6.47. The van der Waals surface area contributed by atoms with Crippen LogP contribution in [0.3, 0.4) is 0 Å². The normalized spacial score (nSPS) is 20.0. The molecule has 1 N–H and O–H groups in total. The van der Waals surface area contributed by atoms with E-state index in [0.29, 0.717) is 6.04 Å². The number of nitrogens with one attached hydrogen (secondary N) is 1. The van der Waals surface area contributed by atoms with Crippen molar-refractivity contribution in [1.29, 1.82) is 0 Å². The van der Waals surface area contributed by atoms with Crippen LogP contribution in [-0.2, 0) is 0 Å². The molecule has 0 unspecified atom stereocenters. The Morgan fingerprint density at radius 3 is 2.07 bits per heavy atom. The molecule has 0 radical (unpaired) electrons. The molecule has 2 rings (SSSR count). The second-order valence-corrected chi connectivity index (χ2v) is 3.44. The Hall–Kier alpha value is -1.22. The third-order valence-electron chi connectivity index (χ3n) is 2.60. The van der Waals surface area contributed by atoms with Crippen molar-refractivity contribution in [3.63, 3.8) is 0 Å². The third-order valence-corrected chi connectivity index (χ3v) is 2.60. The van der Waals surface area contributed by atoms with Gasteiger partial charge in [-0.25, -0.2) is 0 Å². The number of hydrogen-bond acceptors (Lipinski definition) is 3. The zero-order chi connectivity index (χ0) is 9.97. The minimum atomic E-state index is 0.471. The largest absolute Gasteiger partial charge is 0.497 e. The Morgan fingerprint density at radius 2 is 1.71 bits per heavy atom. The Balaban J connectivity index is 2.28. The molecule has 1 atom stereocenters. The highest BCUT2D eigenvalue weighted by molar-refractivity contribution is 5.40. The van der Waals surface area contributed by atoms with Gasteiger partial charge in [0.2, 0.25) is 0 Å². The van der Waals surface area contributed by atoms with Gasteiger partial charge in [-0.3, -0.25) is 0 Å². The smallest absolute Gasteiger partial charge is 0.122 e. The van der Waals surface area contributed by atoms with Gasteiger partial charge in [0.15, 0.2) is 0 Å². The zero-order valence-corrected chi connectivity index (χ0v) is 8.54. The van der Waals surface area contributed by atoms with Crippen molar-refractivity contribution in [2.75, 3.05) is 20.8 Å². The van der Waals surface area contributed by atoms with E-state index in [1.807, 2.05) is 6.07 Å². The Kier molecular flexibility index (Phi) is 2.59. The molecule has 76 valence electrons. The molecule has 3 nitrogen and oxygen atoms in total. The van der Waals surface area contributed by atoms with Gasteiger partial charge in [-0.1, -0.05) is 0 Å². The molecule has 0 aromatic heterocycles. The maximum Gasteiger partial charge on any atom is 0.122 e. The molecule has 1 aliphatic heterocycles. The van der Waals surface area contributed by atoms with Crippen LogP contribution in [0.2, 0.25) is 0 Å². The fraction of sp³-hybridized carbons (Fsp3) is 0.455. The fourth-order valence-electron chi connectivity index (χ4n) is 1.60. The van der Waals surface area contributed by atoms with Gasteiger partial charge < -0.3 is 14.8 Å². The van der Waals surface area contributed by atoms with Crippen molar-refractivity contribution in [3.8, 4) is 11.5 Å². The standard InChI is InChI=1S/C11H15NO2/c1-13-9-5-8(11-3-4-12-11)6-10(7-9)14-2/h5-7,11-12H,3-4H2,1-2H3/t11-/m0/s1. The molecule has 1 saturated heterocycles. The zero-order valence-electron chi connectivity index (χ0n) is 8.54. The molecule has 1 heterocycles. The first kappa shape index (κ1) is 9.34. The molecule has 0 saturated carbocycles. The van der Waals surface area contributed by atoms with Crippen LogP contribution in [0.15, 0.2) is 18.2 Å². The van der Waals surface area contributed by atoms with E-state index >= 15 is 0 Å². The molecule has 1 aromatic rings. The van der Waals surface area contributed by atoms with Gasteiger partial charge >= 0.3 is 0 Å². The maximum atomic E-state index is 5.21. The second-order valence-electron chi connectivity index (χ2n) is 3.44. The summed E-state index contributed by atoms with van der Waals surface area (Å²) in [5, 5.41) is 3.35. The minimum absolute atomic E-state index is 0.471. The molecule has 1 aromatic carbocycles.